The summed E-state index contributed by atoms with van der Waals surface area (Å²) in [7, 11) is 0. The van der Waals surface area contributed by atoms with Crippen LogP contribution in [0.4, 0.5) is 4.79 Å². The minimum atomic E-state index is -1.32. The molecule has 0 aliphatic carbocycles. The average molecular weight is 376 g/mol. The van der Waals surface area contributed by atoms with Crippen LogP contribution in [0.15, 0.2) is 40.8 Å². The summed E-state index contributed by atoms with van der Waals surface area (Å²) >= 11 is 5.81. The number of hydrogen-bond donors (Lipinski definition) is 2. The fourth-order valence-corrected chi connectivity index (χ4v) is 2.84. The molecule has 4 amide bonds. The second-order valence-corrected chi connectivity index (χ2v) is 6.70. The molecular formula is C18H18ClN3O4. The molecule has 1 aliphatic heterocycles. The maximum absolute atomic E-state index is 12.7. The van der Waals surface area contributed by atoms with Gasteiger partial charge in [-0.2, -0.15) is 0 Å². The summed E-state index contributed by atoms with van der Waals surface area (Å²) in [6.45, 7) is 3.20. The number of imide groups is 1. The van der Waals surface area contributed by atoms with E-state index in [2.05, 4.69) is 10.6 Å². The van der Waals surface area contributed by atoms with Crippen molar-refractivity contribution in [2.45, 2.75) is 25.9 Å². The van der Waals surface area contributed by atoms with E-state index in [1.165, 1.54) is 0 Å². The van der Waals surface area contributed by atoms with Crippen LogP contribution in [0.1, 0.15) is 24.0 Å². The number of halogens is 1. The van der Waals surface area contributed by atoms with Crippen molar-refractivity contribution in [2.24, 2.45) is 0 Å². The zero-order valence-electron chi connectivity index (χ0n) is 14.3. The Morgan fingerprint density at radius 3 is 2.54 bits per heavy atom. The Labute approximate surface area is 155 Å². The van der Waals surface area contributed by atoms with Crippen LogP contribution >= 0.6 is 11.6 Å². The molecule has 136 valence electrons. The SMILES string of the molecule is Cc1ccc([C@@]2(C)NC(=O)N(CC(=O)NCc3ccc(Cl)cc3)C2=O)o1. The third-order valence-corrected chi connectivity index (χ3v) is 4.46. The third-order valence-electron chi connectivity index (χ3n) is 4.21. The second kappa shape index (κ2) is 6.84. The number of benzene rings is 1. The summed E-state index contributed by atoms with van der Waals surface area (Å²) in [5.41, 5.74) is -0.460. The predicted molar refractivity (Wildman–Crippen MR) is 94.3 cm³/mol. The van der Waals surface area contributed by atoms with Crippen LogP contribution in [0.25, 0.3) is 0 Å². The van der Waals surface area contributed by atoms with Gasteiger partial charge in [0, 0.05) is 11.6 Å². The number of amides is 4. The van der Waals surface area contributed by atoms with Crippen LogP contribution in [0.5, 0.6) is 0 Å². The summed E-state index contributed by atoms with van der Waals surface area (Å²) in [6.07, 6.45) is 0. The molecule has 26 heavy (non-hydrogen) atoms. The quantitative estimate of drug-likeness (QED) is 0.784. The second-order valence-electron chi connectivity index (χ2n) is 6.26. The van der Waals surface area contributed by atoms with Gasteiger partial charge in [0.1, 0.15) is 18.1 Å². The first-order valence-electron chi connectivity index (χ1n) is 8.02. The molecule has 2 heterocycles. The fourth-order valence-electron chi connectivity index (χ4n) is 2.71. The van der Waals surface area contributed by atoms with Gasteiger partial charge < -0.3 is 15.1 Å². The highest BCUT2D eigenvalue weighted by molar-refractivity contribution is 6.30. The summed E-state index contributed by atoms with van der Waals surface area (Å²) in [5.74, 6) is -0.0123. The number of rotatable bonds is 5. The number of hydrogen-bond acceptors (Lipinski definition) is 4. The Hall–Kier alpha value is -2.80. The molecule has 1 aromatic carbocycles. The molecule has 3 rings (SSSR count). The Balaban J connectivity index is 1.64. The van der Waals surface area contributed by atoms with Crippen molar-refractivity contribution in [3.8, 4) is 0 Å². The molecule has 7 nitrogen and oxygen atoms in total. The normalized spacial score (nSPS) is 19.6. The van der Waals surface area contributed by atoms with Crippen molar-refractivity contribution < 1.29 is 18.8 Å². The molecule has 0 spiro atoms. The molecule has 1 atom stereocenters. The monoisotopic (exact) mass is 375 g/mol. The smallest absolute Gasteiger partial charge is 0.325 e. The lowest BCUT2D eigenvalue weighted by atomic mass is 9.99. The first-order valence-corrected chi connectivity index (χ1v) is 8.39. The number of aryl methyl sites for hydroxylation is 1. The zero-order valence-corrected chi connectivity index (χ0v) is 15.1. The number of urea groups is 1. The van der Waals surface area contributed by atoms with E-state index in [9.17, 15) is 14.4 Å². The Kier molecular flexibility index (Phi) is 4.73. The molecule has 1 fully saturated rings. The van der Waals surface area contributed by atoms with Crippen LogP contribution in [-0.4, -0.2) is 29.3 Å². The highest BCUT2D eigenvalue weighted by atomic mass is 35.5. The summed E-state index contributed by atoms with van der Waals surface area (Å²) < 4.78 is 5.48. The summed E-state index contributed by atoms with van der Waals surface area (Å²) in [5, 5.41) is 5.88. The lowest BCUT2D eigenvalue weighted by molar-refractivity contribution is -0.135. The van der Waals surface area contributed by atoms with E-state index in [0.29, 0.717) is 16.5 Å². The molecule has 8 heteroatoms. The van der Waals surface area contributed by atoms with Gasteiger partial charge in [-0.1, -0.05) is 23.7 Å². The Bertz CT molecular complexity index is 862. The van der Waals surface area contributed by atoms with Gasteiger partial charge in [-0.05, 0) is 43.7 Å². The molecule has 0 radical (unpaired) electrons. The lowest BCUT2D eigenvalue weighted by Crippen LogP contribution is -2.43. The standard InChI is InChI=1S/C18H18ClN3O4/c1-11-3-8-14(26-11)18(2)16(24)22(17(25)21-18)10-15(23)20-9-12-4-6-13(19)7-5-12/h3-8H,9-10H2,1-2H3,(H,20,23)(H,21,25)/t18-/m1/s1. The Morgan fingerprint density at radius 1 is 1.23 bits per heavy atom. The molecule has 1 saturated heterocycles. The van der Waals surface area contributed by atoms with Gasteiger partial charge in [0.25, 0.3) is 5.91 Å². The molecule has 0 saturated carbocycles. The minimum Gasteiger partial charge on any atom is -0.463 e. The van der Waals surface area contributed by atoms with Crippen LogP contribution in [-0.2, 0) is 21.7 Å². The van der Waals surface area contributed by atoms with Crippen LogP contribution < -0.4 is 10.6 Å². The van der Waals surface area contributed by atoms with Crippen LogP contribution in [0.2, 0.25) is 5.02 Å². The average Bonchev–Trinajstić information content (AvgIpc) is 3.13. The topological polar surface area (TPSA) is 91.7 Å². The van der Waals surface area contributed by atoms with E-state index in [1.807, 2.05) is 0 Å². The van der Waals surface area contributed by atoms with Gasteiger partial charge >= 0.3 is 6.03 Å². The van der Waals surface area contributed by atoms with Gasteiger partial charge in [-0.3, -0.25) is 14.5 Å². The molecule has 1 aliphatic rings. The van der Waals surface area contributed by atoms with Gasteiger partial charge in [0.2, 0.25) is 5.91 Å². The van der Waals surface area contributed by atoms with Crippen molar-refractivity contribution in [3.63, 3.8) is 0 Å². The molecule has 2 aromatic rings. The highest BCUT2D eigenvalue weighted by Crippen LogP contribution is 2.29. The predicted octanol–water partition coefficient (Wildman–Crippen LogP) is 2.32. The van der Waals surface area contributed by atoms with Crippen molar-refractivity contribution >= 4 is 29.4 Å². The van der Waals surface area contributed by atoms with E-state index in [-0.39, 0.29) is 13.1 Å². The van der Waals surface area contributed by atoms with E-state index < -0.39 is 23.4 Å². The number of nitrogens with zero attached hydrogens (tertiary/aromatic N) is 1. The van der Waals surface area contributed by atoms with E-state index in [0.717, 1.165) is 10.5 Å². The highest BCUT2D eigenvalue weighted by Gasteiger charge is 2.51. The zero-order chi connectivity index (χ0) is 18.9. The van der Waals surface area contributed by atoms with Gasteiger partial charge in [-0.25, -0.2) is 4.79 Å². The van der Waals surface area contributed by atoms with Crippen molar-refractivity contribution in [2.75, 3.05) is 6.54 Å². The molecular weight excluding hydrogens is 358 g/mol. The number of carbonyl (C=O) groups excluding carboxylic acids is 3. The van der Waals surface area contributed by atoms with Gasteiger partial charge in [0.05, 0.1) is 0 Å². The summed E-state index contributed by atoms with van der Waals surface area (Å²) in [6, 6.07) is 9.72. The third kappa shape index (κ3) is 3.43. The molecule has 0 unspecified atom stereocenters. The molecule has 2 N–H and O–H groups in total. The van der Waals surface area contributed by atoms with E-state index in [4.69, 9.17) is 16.0 Å². The summed E-state index contributed by atoms with van der Waals surface area (Å²) in [4.78, 5) is 37.9. The molecule has 0 bridgehead atoms. The number of furan rings is 1. The first kappa shape index (κ1) is 18.0. The largest absolute Gasteiger partial charge is 0.463 e. The molecule has 1 aromatic heterocycles. The minimum absolute atomic E-state index is 0.272. The number of carbonyl (C=O) groups is 3. The fraction of sp³-hybridized carbons (Fsp3) is 0.278. The lowest BCUT2D eigenvalue weighted by Gasteiger charge is -2.19. The van der Waals surface area contributed by atoms with E-state index in [1.54, 1.807) is 50.2 Å². The van der Waals surface area contributed by atoms with Crippen molar-refractivity contribution in [1.29, 1.82) is 0 Å². The van der Waals surface area contributed by atoms with Gasteiger partial charge in [0.15, 0.2) is 5.54 Å². The van der Waals surface area contributed by atoms with Crippen molar-refractivity contribution in [1.82, 2.24) is 15.5 Å². The van der Waals surface area contributed by atoms with E-state index >= 15 is 0 Å². The Morgan fingerprint density at radius 2 is 1.92 bits per heavy atom. The first-order chi connectivity index (χ1) is 12.3. The maximum Gasteiger partial charge on any atom is 0.325 e. The maximum atomic E-state index is 12.7. The van der Waals surface area contributed by atoms with Crippen LogP contribution in [0.3, 0.4) is 0 Å². The van der Waals surface area contributed by atoms with Gasteiger partial charge in [-0.15, -0.1) is 0 Å². The van der Waals surface area contributed by atoms with Crippen LogP contribution in [0, 0.1) is 6.92 Å². The number of nitrogens with one attached hydrogen (secondary N) is 2. The van der Waals surface area contributed by atoms with Crippen molar-refractivity contribution in [3.05, 3.63) is 58.5 Å².